The molecule has 0 atom stereocenters. The Morgan fingerprint density at radius 1 is 1.32 bits per heavy atom. The third kappa shape index (κ3) is 3.93. The van der Waals surface area contributed by atoms with E-state index in [9.17, 15) is 9.18 Å². The average Bonchev–Trinajstić information content (AvgIpc) is 2.40. The Hall–Kier alpha value is -2.17. The molecule has 0 radical (unpaired) electrons. The Kier molecular flexibility index (Phi) is 4.64. The fraction of sp³-hybridized carbons (Fsp3) is 0.412. The van der Waals surface area contributed by atoms with Gasteiger partial charge in [0, 0.05) is 6.42 Å². The molecule has 0 saturated carbocycles. The lowest BCUT2D eigenvalue weighted by Crippen LogP contribution is -2.54. The molecule has 2 N–H and O–H groups in total. The molecule has 1 aromatic rings. The molecule has 2 rings (SSSR count). The predicted octanol–water partition coefficient (Wildman–Crippen LogP) is 3.07. The number of amidine groups is 1. The summed E-state index contributed by atoms with van der Waals surface area (Å²) in [5.74, 6) is 0.571. The van der Waals surface area contributed by atoms with E-state index in [0.29, 0.717) is 18.2 Å². The van der Waals surface area contributed by atoms with Crippen LogP contribution in [-0.2, 0) is 4.79 Å². The Balaban J connectivity index is 2.18. The van der Waals surface area contributed by atoms with Crippen molar-refractivity contribution < 1.29 is 9.18 Å². The predicted molar refractivity (Wildman–Crippen MR) is 86.6 cm³/mol. The van der Waals surface area contributed by atoms with Crippen molar-refractivity contribution in [1.82, 2.24) is 10.6 Å². The van der Waals surface area contributed by atoms with Crippen molar-refractivity contribution in [1.29, 1.82) is 0 Å². The number of hydrogen-bond acceptors (Lipinski definition) is 3. The summed E-state index contributed by atoms with van der Waals surface area (Å²) in [4.78, 5) is 16.3. The van der Waals surface area contributed by atoms with E-state index in [4.69, 9.17) is 0 Å². The number of nitrogens with one attached hydrogen (secondary N) is 2. The van der Waals surface area contributed by atoms with Gasteiger partial charge in [-0.25, -0.2) is 9.38 Å². The zero-order chi connectivity index (χ0) is 16.3. The first-order valence-electron chi connectivity index (χ1n) is 7.40. The molecule has 0 aromatic heterocycles. The number of hydrogen-bond donors (Lipinski definition) is 2. The molecule has 0 fully saturated rings. The summed E-state index contributed by atoms with van der Waals surface area (Å²) in [5.41, 5.74) is 1.14. The molecule has 118 valence electrons. The summed E-state index contributed by atoms with van der Waals surface area (Å²) in [6, 6.07) is 6.22. The van der Waals surface area contributed by atoms with E-state index in [1.165, 1.54) is 12.1 Å². The minimum atomic E-state index is -0.509. The van der Waals surface area contributed by atoms with Crippen LogP contribution in [0.25, 0.3) is 5.70 Å². The van der Waals surface area contributed by atoms with E-state index in [0.717, 1.165) is 11.3 Å². The Morgan fingerprint density at radius 2 is 1.95 bits per heavy atom. The summed E-state index contributed by atoms with van der Waals surface area (Å²) < 4.78 is 13.0. The Morgan fingerprint density at radius 3 is 2.50 bits per heavy atom. The molecule has 1 aliphatic rings. The van der Waals surface area contributed by atoms with Crippen LogP contribution in [0.2, 0.25) is 0 Å². The van der Waals surface area contributed by atoms with E-state index in [1.807, 2.05) is 27.7 Å². The summed E-state index contributed by atoms with van der Waals surface area (Å²) in [6.45, 7) is 7.88. The first-order chi connectivity index (χ1) is 10.3. The van der Waals surface area contributed by atoms with Gasteiger partial charge in [-0.15, -0.1) is 0 Å². The second kappa shape index (κ2) is 6.30. The van der Waals surface area contributed by atoms with Crippen LogP contribution in [-0.4, -0.2) is 17.3 Å². The summed E-state index contributed by atoms with van der Waals surface area (Å²) in [6.07, 6.45) is 2.12. The maximum atomic E-state index is 13.0. The number of carbonyl (C=O) groups excluding carboxylic acids is 1. The normalized spacial score (nSPS) is 16.6. The number of benzene rings is 1. The van der Waals surface area contributed by atoms with E-state index in [2.05, 4.69) is 15.6 Å². The monoisotopic (exact) mass is 303 g/mol. The maximum Gasteiger partial charge on any atom is 0.225 e. The van der Waals surface area contributed by atoms with Gasteiger partial charge in [0.05, 0.1) is 17.4 Å². The van der Waals surface area contributed by atoms with Gasteiger partial charge in [0.2, 0.25) is 5.91 Å². The van der Waals surface area contributed by atoms with Gasteiger partial charge in [-0.05, 0) is 49.6 Å². The maximum absolute atomic E-state index is 13.0. The lowest BCUT2D eigenvalue weighted by atomic mass is 9.99. The molecule has 22 heavy (non-hydrogen) atoms. The molecule has 5 heteroatoms. The van der Waals surface area contributed by atoms with Crippen LogP contribution in [0.1, 0.15) is 39.7 Å². The average molecular weight is 303 g/mol. The first kappa shape index (κ1) is 16.2. The molecule has 1 aliphatic heterocycles. The highest BCUT2D eigenvalue weighted by Crippen LogP contribution is 2.21. The lowest BCUT2D eigenvalue weighted by molar-refractivity contribution is -0.120. The second-order valence-electron chi connectivity index (χ2n) is 6.42. The highest BCUT2D eigenvalue weighted by Gasteiger charge is 2.30. The van der Waals surface area contributed by atoms with E-state index < -0.39 is 5.54 Å². The molecule has 1 heterocycles. The molecule has 4 nitrogen and oxygen atoms in total. The van der Waals surface area contributed by atoms with Gasteiger partial charge in [-0.2, -0.15) is 0 Å². The largest absolute Gasteiger partial charge is 0.371 e. The SMILES string of the molecule is CC(C)CC(=O)NC1=NC=C(c2ccc(F)cc2)NC1(C)C. The first-order valence-corrected chi connectivity index (χ1v) is 7.40. The topological polar surface area (TPSA) is 53.5 Å². The number of aliphatic imine (C=N–C) groups is 1. The highest BCUT2D eigenvalue weighted by molar-refractivity contribution is 6.04. The van der Waals surface area contributed by atoms with Crippen molar-refractivity contribution in [3.63, 3.8) is 0 Å². The number of amides is 1. The third-order valence-electron chi connectivity index (χ3n) is 3.37. The molecule has 0 saturated heterocycles. The minimum Gasteiger partial charge on any atom is -0.371 e. The Bertz CT molecular complexity index is 615. The molecular formula is C17H22FN3O. The molecule has 0 unspecified atom stereocenters. The van der Waals surface area contributed by atoms with Crippen molar-refractivity contribution in [2.45, 2.75) is 39.7 Å². The van der Waals surface area contributed by atoms with Crippen LogP contribution < -0.4 is 10.6 Å². The molecule has 0 spiro atoms. The van der Waals surface area contributed by atoms with Gasteiger partial charge in [0.15, 0.2) is 0 Å². The summed E-state index contributed by atoms with van der Waals surface area (Å²) >= 11 is 0. The quantitative estimate of drug-likeness (QED) is 0.901. The van der Waals surface area contributed by atoms with E-state index in [1.54, 1.807) is 18.3 Å². The fourth-order valence-electron chi connectivity index (χ4n) is 2.24. The standard InChI is InChI=1S/C17H22FN3O/c1-11(2)9-15(22)20-16-17(3,4)21-14(10-19-16)12-5-7-13(18)8-6-12/h5-8,10-11,21H,9H2,1-4H3,(H,19,20,22). The molecule has 1 amide bonds. The van der Waals surface area contributed by atoms with Crippen molar-refractivity contribution in [2.24, 2.45) is 10.9 Å². The van der Waals surface area contributed by atoms with Gasteiger partial charge in [-0.3, -0.25) is 4.79 Å². The lowest BCUT2D eigenvalue weighted by Gasteiger charge is -2.33. The zero-order valence-electron chi connectivity index (χ0n) is 13.4. The van der Waals surface area contributed by atoms with Crippen LogP contribution in [0.4, 0.5) is 4.39 Å². The van der Waals surface area contributed by atoms with E-state index in [-0.39, 0.29) is 11.7 Å². The number of carbonyl (C=O) groups is 1. The fourth-order valence-corrected chi connectivity index (χ4v) is 2.24. The van der Waals surface area contributed by atoms with Crippen LogP contribution in [0.15, 0.2) is 35.5 Å². The van der Waals surface area contributed by atoms with Crippen molar-refractivity contribution in [3.8, 4) is 0 Å². The molecule has 0 aliphatic carbocycles. The second-order valence-corrected chi connectivity index (χ2v) is 6.42. The van der Waals surface area contributed by atoms with Gasteiger partial charge in [0.25, 0.3) is 0 Å². The van der Waals surface area contributed by atoms with Crippen LogP contribution in [0.3, 0.4) is 0 Å². The smallest absolute Gasteiger partial charge is 0.225 e. The molecule has 1 aromatic carbocycles. The molecular weight excluding hydrogens is 281 g/mol. The van der Waals surface area contributed by atoms with Gasteiger partial charge >= 0.3 is 0 Å². The van der Waals surface area contributed by atoms with Crippen molar-refractivity contribution >= 4 is 17.4 Å². The molecule has 0 bridgehead atoms. The van der Waals surface area contributed by atoms with Crippen molar-refractivity contribution in [2.75, 3.05) is 0 Å². The van der Waals surface area contributed by atoms with Crippen LogP contribution in [0.5, 0.6) is 0 Å². The minimum absolute atomic E-state index is 0.0396. The van der Waals surface area contributed by atoms with Crippen LogP contribution >= 0.6 is 0 Å². The highest BCUT2D eigenvalue weighted by atomic mass is 19.1. The van der Waals surface area contributed by atoms with Gasteiger partial charge < -0.3 is 10.6 Å². The number of nitrogens with zero attached hydrogens (tertiary/aromatic N) is 1. The van der Waals surface area contributed by atoms with Gasteiger partial charge in [0.1, 0.15) is 11.7 Å². The summed E-state index contributed by atoms with van der Waals surface area (Å²) in [5, 5.41) is 6.20. The van der Waals surface area contributed by atoms with Crippen molar-refractivity contribution in [3.05, 3.63) is 41.8 Å². The third-order valence-corrected chi connectivity index (χ3v) is 3.37. The van der Waals surface area contributed by atoms with Gasteiger partial charge in [-0.1, -0.05) is 13.8 Å². The zero-order valence-corrected chi connectivity index (χ0v) is 13.4. The Labute approximate surface area is 130 Å². The van der Waals surface area contributed by atoms with Crippen LogP contribution in [0, 0.1) is 11.7 Å². The number of halogens is 1. The van der Waals surface area contributed by atoms with E-state index >= 15 is 0 Å². The summed E-state index contributed by atoms with van der Waals surface area (Å²) in [7, 11) is 0. The number of rotatable bonds is 3.